The monoisotopic (exact) mass is 481 g/mol. The van der Waals surface area contributed by atoms with Crippen LogP contribution in [0.15, 0.2) is 87.6 Å². The van der Waals surface area contributed by atoms with Crippen LogP contribution < -0.4 is 15.6 Å². The standard InChI is InChI=1S/C28H23N3O3S/c1-17-8-7-11-23(18(17)2)29-27-22(15-20-14-21(33-3)12-13-25(20)34-27)26(32)31-28-30-24(16-35-28)19-9-5-4-6-10-19/h4-16H,1-3H3,(H,30,31,32). The molecular formula is C28H23N3O3S. The lowest BCUT2D eigenvalue weighted by molar-refractivity contribution is 0.102. The average Bonchev–Trinajstić information content (AvgIpc) is 3.35. The molecule has 1 N–H and O–H groups in total. The molecule has 0 fully saturated rings. The molecule has 0 bridgehead atoms. The minimum Gasteiger partial charge on any atom is -0.497 e. The van der Waals surface area contributed by atoms with Gasteiger partial charge in [0.1, 0.15) is 16.9 Å². The first-order chi connectivity index (χ1) is 17.0. The maximum atomic E-state index is 13.4. The highest BCUT2D eigenvalue weighted by atomic mass is 32.1. The fourth-order valence-electron chi connectivity index (χ4n) is 3.68. The van der Waals surface area contributed by atoms with E-state index in [4.69, 9.17) is 14.1 Å². The minimum absolute atomic E-state index is 0.230. The number of fused-ring (bicyclic) bond motifs is 1. The average molecular weight is 482 g/mol. The Bertz CT molecular complexity index is 1600. The summed E-state index contributed by atoms with van der Waals surface area (Å²) >= 11 is 1.37. The first-order valence-electron chi connectivity index (χ1n) is 11.1. The Labute approximate surface area is 206 Å². The van der Waals surface area contributed by atoms with Gasteiger partial charge in [-0.3, -0.25) is 10.1 Å². The number of aryl methyl sites for hydroxylation is 1. The van der Waals surface area contributed by atoms with Crippen LogP contribution >= 0.6 is 11.3 Å². The molecule has 5 rings (SSSR count). The van der Waals surface area contributed by atoms with Gasteiger partial charge in [-0.15, -0.1) is 11.3 Å². The highest BCUT2D eigenvalue weighted by Gasteiger charge is 2.16. The fourth-order valence-corrected chi connectivity index (χ4v) is 4.40. The normalized spacial score (nSPS) is 11.6. The lowest BCUT2D eigenvalue weighted by Crippen LogP contribution is -2.21. The summed E-state index contributed by atoms with van der Waals surface area (Å²) in [6.45, 7) is 4.03. The molecule has 0 spiro atoms. The molecule has 3 aromatic carbocycles. The van der Waals surface area contributed by atoms with Gasteiger partial charge < -0.3 is 9.15 Å². The molecular weight excluding hydrogens is 458 g/mol. The van der Waals surface area contributed by atoms with Crippen molar-refractivity contribution >= 4 is 39.0 Å². The van der Waals surface area contributed by atoms with Crippen LogP contribution in [0.25, 0.3) is 22.2 Å². The molecule has 6 nitrogen and oxygen atoms in total. The van der Waals surface area contributed by atoms with Crippen LogP contribution in [0.2, 0.25) is 0 Å². The molecule has 0 atom stereocenters. The quantitative estimate of drug-likeness (QED) is 0.304. The largest absolute Gasteiger partial charge is 0.497 e. The van der Waals surface area contributed by atoms with E-state index < -0.39 is 0 Å². The van der Waals surface area contributed by atoms with Crippen molar-refractivity contribution in [3.05, 3.63) is 100 Å². The summed E-state index contributed by atoms with van der Waals surface area (Å²) in [6.07, 6.45) is 0. The third-order valence-electron chi connectivity index (χ3n) is 5.79. The Kier molecular flexibility index (Phi) is 6.16. The highest BCUT2D eigenvalue weighted by molar-refractivity contribution is 7.14. The third kappa shape index (κ3) is 4.72. The predicted molar refractivity (Wildman–Crippen MR) is 139 cm³/mol. The zero-order chi connectivity index (χ0) is 24.4. The van der Waals surface area contributed by atoms with E-state index in [2.05, 4.69) is 10.3 Å². The number of hydrogen-bond donors (Lipinski definition) is 1. The van der Waals surface area contributed by atoms with Gasteiger partial charge in [0.2, 0.25) is 5.55 Å². The van der Waals surface area contributed by atoms with Crippen molar-refractivity contribution in [1.82, 2.24) is 4.98 Å². The van der Waals surface area contributed by atoms with Crippen molar-refractivity contribution in [3.63, 3.8) is 0 Å². The van der Waals surface area contributed by atoms with E-state index in [9.17, 15) is 4.79 Å². The Morgan fingerprint density at radius 1 is 1.03 bits per heavy atom. The molecule has 1 amide bonds. The number of thiazole rings is 1. The Morgan fingerprint density at radius 2 is 1.86 bits per heavy atom. The number of nitrogens with zero attached hydrogens (tertiary/aromatic N) is 2. The molecule has 0 aliphatic heterocycles. The van der Waals surface area contributed by atoms with Crippen molar-refractivity contribution in [1.29, 1.82) is 0 Å². The van der Waals surface area contributed by atoms with Gasteiger partial charge in [-0.05, 0) is 55.3 Å². The Balaban J connectivity index is 1.58. The number of methoxy groups -OCH3 is 1. The Morgan fingerprint density at radius 3 is 2.66 bits per heavy atom. The maximum Gasteiger partial charge on any atom is 0.262 e. The summed E-state index contributed by atoms with van der Waals surface area (Å²) in [5, 5.41) is 6.06. The number of nitrogens with one attached hydrogen (secondary N) is 1. The number of carbonyl (C=O) groups is 1. The van der Waals surface area contributed by atoms with Gasteiger partial charge in [0, 0.05) is 16.3 Å². The van der Waals surface area contributed by atoms with Crippen LogP contribution in [0.1, 0.15) is 21.5 Å². The van der Waals surface area contributed by atoms with Gasteiger partial charge >= 0.3 is 0 Å². The minimum atomic E-state index is -0.350. The molecule has 174 valence electrons. The van der Waals surface area contributed by atoms with Gasteiger partial charge in [-0.25, -0.2) is 9.98 Å². The second kappa shape index (κ2) is 9.56. The highest BCUT2D eigenvalue weighted by Crippen LogP contribution is 2.26. The van der Waals surface area contributed by atoms with Crippen molar-refractivity contribution in [2.24, 2.45) is 4.99 Å². The van der Waals surface area contributed by atoms with Gasteiger partial charge in [0.25, 0.3) is 5.91 Å². The molecule has 7 heteroatoms. The summed E-state index contributed by atoms with van der Waals surface area (Å²) < 4.78 is 11.5. The summed E-state index contributed by atoms with van der Waals surface area (Å²) in [5.74, 6) is 0.321. The van der Waals surface area contributed by atoms with Crippen molar-refractivity contribution in [3.8, 4) is 17.0 Å². The molecule has 2 aromatic heterocycles. The number of benzene rings is 3. The van der Waals surface area contributed by atoms with Crippen LogP contribution in [0, 0.1) is 13.8 Å². The van der Waals surface area contributed by atoms with E-state index in [0.717, 1.165) is 33.5 Å². The molecule has 0 saturated carbocycles. The van der Waals surface area contributed by atoms with Crippen LogP contribution in [0.5, 0.6) is 5.75 Å². The van der Waals surface area contributed by atoms with Crippen LogP contribution in [-0.4, -0.2) is 18.0 Å². The first kappa shape index (κ1) is 22.6. The second-order valence-corrected chi connectivity index (χ2v) is 8.92. The number of amides is 1. The van der Waals surface area contributed by atoms with Gasteiger partial charge in [-0.1, -0.05) is 42.5 Å². The van der Waals surface area contributed by atoms with Crippen molar-refractivity contribution in [2.75, 3.05) is 12.4 Å². The molecule has 35 heavy (non-hydrogen) atoms. The van der Waals surface area contributed by atoms with E-state index in [1.165, 1.54) is 11.3 Å². The molecule has 5 aromatic rings. The summed E-state index contributed by atoms with van der Waals surface area (Å²) in [6, 6.07) is 22.9. The number of aromatic nitrogens is 1. The fraction of sp³-hybridized carbons (Fsp3) is 0.107. The first-order valence-corrected chi connectivity index (χ1v) is 11.9. The van der Waals surface area contributed by atoms with E-state index in [1.54, 1.807) is 13.2 Å². The van der Waals surface area contributed by atoms with Crippen LogP contribution in [0.3, 0.4) is 0 Å². The lowest BCUT2D eigenvalue weighted by Gasteiger charge is -2.08. The molecule has 0 radical (unpaired) electrons. The Hall–Kier alpha value is -4.23. The van der Waals surface area contributed by atoms with Gasteiger partial charge in [0.15, 0.2) is 5.13 Å². The van der Waals surface area contributed by atoms with Gasteiger partial charge in [-0.2, -0.15) is 0 Å². The molecule has 0 saturated heterocycles. The van der Waals surface area contributed by atoms with Crippen LogP contribution in [0.4, 0.5) is 10.8 Å². The van der Waals surface area contributed by atoms with Gasteiger partial charge in [0.05, 0.1) is 18.5 Å². The number of ether oxygens (including phenoxy) is 1. The smallest absolute Gasteiger partial charge is 0.262 e. The second-order valence-electron chi connectivity index (χ2n) is 8.06. The topological polar surface area (TPSA) is 76.7 Å². The zero-order valence-corrected chi connectivity index (χ0v) is 20.3. The van der Waals surface area contributed by atoms with E-state index in [1.807, 2.05) is 86.0 Å². The molecule has 2 heterocycles. The van der Waals surface area contributed by atoms with Crippen LogP contribution in [-0.2, 0) is 0 Å². The number of anilines is 1. The summed E-state index contributed by atoms with van der Waals surface area (Å²) in [5.41, 5.74) is 5.82. The summed E-state index contributed by atoms with van der Waals surface area (Å²) in [7, 11) is 1.60. The maximum absolute atomic E-state index is 13.4. The summed E-state index contributed by atoms with van der Waals surface area (Å²) in [4.78, 5) is 22.7. The van der Waals surface area contributed by atoms with E-state index in [-0.39, 0.29) is 11.5 Å². The SMILES string of the molecule is COc1ccc2oc(=Nc3cccc(C)c3C)c(C(=O)Nc3nc(-c4ccccc4)cs3)cc2c1. The van der Waals surface area contributed by atoms with E-state index in [0.29, 0.717) is 22.0 Å². The van der Waals surface area contributed by atoms with Crippen molar-refractivity contribution < 1.29 is 13.9 Å². The van der Waals surface area contributed by atoms with Crippen molar-refractivity contribution in [2.45, 2.75) is 13.8 Å². The predicted octanol–water partition coefficient (Wildman–Crippen LogP) is 6.67. The number of rotatable bonds is 5. The molecule has 0 aliphatic rings. The zero-order valence-electron chi connectivity index (χ0n) is 19.5. The lowest BCUT2D eigenvalue weighted by atomic mass is 10.1. The number of carbonyl (C=O) groups excluding carboxylic acids is 1. The van der Waals surface area contributed by atoms with E-state index >= 15 is 0 Å². The third-order valence-corrected chi connectivity index (χ3v) is 6.55. The number of hydrogen-bond acceptors (Lipinski definition) is 6. The molecule has 0 unspecified atom stereocenters. The molecule has 0 aliphatic carbocycles.